The number of aliphatic carboxylic acids is 1. The molecule has 1 aliphatic heterocycles. The van der Waals surface area contributed by atoms with Crippen molar-refractivity contribution in [2.45, 2.75) is 13.3 Å². The molecule has 1 N–H and O–H groups in total. The van der Waals surface area contributed by atoms with Crippen molar-refractivity contribution < 1.29 is 9.90 Å². The van der Waals surface area contributed by atoms with Gasteiger partial charge in [0.25, 0.3) is 0 Å². The summed E-state index contributed by atoms with van der Waals surface area (Å²) in [7, 11) is 0. The van der Waals surface area contributed by atoms with E-state index in [0.29, 0.717) is 30.9 Å². The average Bonchev–Trinajstić information content (AvgIpc) is 2.97. The third-order valence-corrected chi connectivity index (χ3v) is 4.08. The van der Waals surface area contributed by atoms with Crippen LogP contribution in [0.25, 0.3) is 10.9 Å². The molecule has 1 aromatic carbocycles. The number of nitrogens with zero attached hydrogens (tertiary/aromatic N) is 3. The molecular weight excluding hydrogens is 266 g/mol. The van der Waals surface area contributed by atoms with Gasteiger partial charge in [-0.25, -0.2) is 4.98 Å². The van der Waals surface area contributed by atoms with E-state index in [2.05, 4.69) is 11.1 Å². The largest absolute Gasteiger partial charge is 0.481 e. The summed E-state index contributed by atoms with van der Waals surface area (Å²) in [5.41, 5.74) is 2.28. The van der Waals surface area contributed by atoms with Crippen LogP contribution in [0, 0.1) is 24.2 Å². The van der Waals surface area contributed by atoms with Crippen LogP contribution in [0.2, 0.25) is 0 Å². The Hall–Kier alpha value is -2.61. The lowest BCUT2D eigenvalue weighted by Gasteiger charge is -2.20. The second-order valence-corrected chi connectivity index (χ2v) is 5.33. The number of carbonyl (C=O) groups is 1. The van der Waals surface area contributed by atoms with Gasteiger partial charge < -0.3 is 10.0 Å². The van der Waals surface area contributed by atoms with Crippen LogP contribution in [0.4, 0.5) is 5.82 Å². The van der Waals surface area contributed by atoms with E-state index in [9.17, 15) is 10.1 Å². The zero-order chi connectivity index (χ0) is 15.0. The summed E-state index contributed by atoms with van der Waals surface area (Å²) in [6.45, 7) is 2.95. The molecule has 2 aromatic rings. The third-order valence-electron chi connectivity index (χ3n) is 4.08. The Balaban J connectivity index is 2.11. The van der Waals surface area contributed by atoms with Gasteiger partial charge in [0.2, 0.25) is 0 Å². The van der Waals surface area contributed by atoms with Crippen molar-refractivity contribution in [3.8, 4) is 6.07 Å². The number of anilines is 1. The highest BCUT2D eigenvalue weighted by Gasteiger charge is 2.30. The summed E-state index contributed by atoms with van der Waals surface area (Å²) in [5.74, 6) is -0.559. The Morgan fingerprint density at radius 1 is 1.48 bits per heavy atom. The number of carboxylic acids is 1. The average molecular weight is 281 g/mol. The summed E-state index contributed by atoms with van der Waals surface area (Å²) in [6, 6.07) is 9.93. The van der Waals surface area contributed by atoms with Gasteiger partial charge >= 0.3 is 5.97 Å². The molecular formula is C16H15N3O2. The van der Waals surface area contributed by atoms with Crippen LogP contribution in [0.3, 0.4) is 0 Å². The molecule has 1 unspecified atom stereocenters. The van der Waals surface area contributed by atoms with E-state index in [-0.39, 0.29) is 5.92 Å². The molecule has 5 heteroatoms. The lowest BCUT2D eigenvalue weighted by atomic mass is 10.0. The molecule has 1 aliphatic rings. The summed E-state index contributed by atoms with van der Waals surface area (Å²) in [6.07, 6.45) is 0.591. The SMILES string of the molecule is Cc1c(C#N)c(N2CCC(C(=O)O)C2)nc2ccccc12. The van der Waals surface area contributed by atoms with E-state index in [1.165, 1.54) is 0 Å². The molecule has 2 heterocycles. The molecule has 0 bridgehead atoms. The molecule has 0 radical (unpaired) electrons. The second kappa shape index (κ2) is 5.06. The van der Waals surface area contributed by atoms with Gasteiger partial charge in [-0.15, -0.1) is 0 Å². The van der Waals surface area contributed by atoms with Crippen molar-refractivity contribution in [1.82, 2.24) is 4.98 Å². The molecule has 1 saturated heterocycles. The predicted octanol–water partition coefficient (Wildman–Crippen LogP) is 2.33. The van der Waals surface area contributed by atoms with Gasteiger partial charge in [-0.2, -0.15) is 5.26 Å². The Kier molecular flexibility index (Phi) is 3.22. The fraction of sp³-hybridized carbons (Fsp3) is 0.312. The van der Waals surface area contributed by atoms with Crippen LogP contribution in [-0.2, 0) is 4.79 Å². The maximum absolute atomic E-state index is 11.1. The number of hydrogen-bond acceptors (Lipinski definition) is 4. The molecule has 21 heavy (non-hydrogen) atoms. The highest BCUT2D eigenvalue weighted by molar-refractivity contribution is 5.87. The molecule has 106 valence electrons. The molecule has 0 amide bonds. The molecule has 3 rings (SSSR count). The van der Waals surface area contributed by atoms with Crippen molar-refractivity contribution in [2.75, 3.05) is 18.0 Å². The zero-order valence-corrected chi connectivity index (χ0v) is 11.7. The Labute approximate surface area is 122 Å². The predicted molar refractivity (Wildman–Crippen MR) is 79.2 cm³/mol. The topological polar surface area (TPSA) is 77.2 Å². The molecule has 1 atom stereocenters. The molecule has 0 saturated carbocycles. The van der Waals surface area contributed by atoms with Crippen molar-refractivity contribution in [1.29, 1.82) is 5.26 Å². The van der Waals surface area contributed by atoms with Crippen LogP contribution in [0.5, 0.6) is 0 Å². The van der Waals surface area contributed by atoms with Crippen LogP contribution in [-0.4, -0.2) is 29.1 Å². The first-order valence-electron chi connectivity index (χ1n) is 6.89. The minimum absolute atomic E-state index is 0.384. The lowest BCUT2D eigenvalue weighted by molar-refractivity contribution is -0.140. The highest BCUT2D eigenvalue weighted by atomic mass is 16.4. The maximum Gasteiger partial charge on any atom is 0.308 e. The van der Waals surface area contributed by atoms with E-state index in [4.69, 9.17) is 5.11 Å². The first-order valence-corrected chi connectivity index (χ1v) is 6.89. The smallest absolute Gasteiger partial charge is 0.308 e. The van der Waals surface area contributed by atoms with Gasteiger partial charge in [0.05, 0.1) is 17.0 Å². The molecule has 5 nitrogen and oxygen atoms in total. The molecule has 0 spiro atoms. The summed E-state index contributed by atoms with van der Waals surface area (Å²) in [4.78, 5) is 17.6. The minimum atomic E-state index is -0.784. The number of aryl methyl sites for hydroxylation is 1. The molecule has 0 aliphatic carbocycles. The highest BCUT2D eigenvalue weighted by Crippen LogP contribution is 2.31. The fourth-order valence-electron chi connectivity index (χ4n) is 2.88. The number of pyridine rings is 1. The van der Waals surface area contributed by atoms with Gasteiger partial charge in [-0.3, -0.25) is 4.79 Å². The standard InChI is InChI=1S/C16H15N3O2/c1-10-12-4-2-3-5-14(12)18-15(13(10)8-17)19-7-6-11(9-19)16(20)21/h2-5,11H,6-7,9H2,1H3,(H,20,21). The second-order valence-electron chi connectivity index (χ2n) is 5.33. The van der Waals surface area contributed by atoms with E-state index in [0.717, 1.165) is 16.5 Å². The number of aromatic nitrogens is 1. The van der Waals surface area contributed by atoms with Gasteiger partial charge in [0.1, 0.15) is 11.9 Å². The lowest BCUT2D eigenvalue weighted by Crippen LogP contribution is -2.24. The van der Waals surface area contributed by atoms with E-state index in [1.807, 2.05) is 36.1 Å². The molecule has 1 aromatic heterocycles. The van der Waals surface area contributed by atoms with Crippen LogP contribution >= 0.6 is 0 Å². The fourth-order valence-corrected chi connectivity index (χ4v) is 2.88. The Morgan fingerprint density at radius 3 is 2.90 bits per heavy atom. The maximum atomic E-state index is 11.1. The summed E-state index contributed by atoms with van der Waals surface area (Å²) in [5, 5.41) is 19.5. The number of benzene rings is 1. The van der Waals surface area contributed by atoms with Crippen molar-refractivity contribution in [2.24, 2.45) is 5.92 Å². The molecule has 1 fully saturated rings. The minimum Gasteiger partial charge on any atom is -0.481 e. The van der Waals surface area contributed by atoms with Gasteiger partial charge in [-0.1, -0.05) is 18.2 Å². The quantitative estimate of drug-likeness (QED) is 0.914. The zero-order valence-electron chi connectivity index (χ0n) is 11.7. The van der Waals surface area contributed by atoms with E-state index in [1.54, 1.807) is 0 Å². The van der Waals surface area contributed by atoms with E-state index < -0.39 is 5.97 Å². The number of para-hydroxylation sites is 1. The number of carboxylic acid groups (broad SMARTS) is 1. The van der Waals surface area contributed by atoms with Crippen molar-refractivity contribution in [3.63, 3.8) is 0 Å². The summed E-state index contributed by atoms with van der Waals surface area (Å²) >= 11 is 0. The van der Waals surface area contributed by atoms with Gasteiger partial charge in [-0.05, 0) is 25.0 Å². The monoisotopic (exact) mass is 281 g/mol. The van der Waals surface area contributed by atoms with Gasteiger partial charge in [0, 0.05) is 18.5 Å². The van der Waals surface area contributed by atoms with Gasteiger partial charge in [0.15, 0.2) is 0 Å². The number of nitriles is 1. The first-order chi connectivity index (χ1) is 10.1. The number of fused-ring (bicyclic) bond motifs is 1. The summed E-state index contributed by atoms with van der Waals surface area (Å²) < 4.78 is 0. The Morgan fingerprint density at radius 2 is 2.24 bits per heavy atom. The third kappa shape index (κ3) is 2.19. The number of rotatable bonds is 2. The van der Waals surface area contributed by atoms with Crippen LogP contribution < -0.4 is 4.90 Å². The first kappa shape index (κ1) is 13.4. The van der Waals surface area contributed by atoms with Crippen LogP contribution in [0.15, 0.2) is 24.3 Å². The van der Waals surface area contributed by atoms with E-state index >= 15 is 0 Å². The van der Waals surface area contributed by atoms with Crippen LogP contribution in [0.1, 0.15) is 17.5 Å². The normalized spacial score (nSPS) is 17.9. The van der Waals surface area contributed by atoms with Crippen molar-refractivity contribution in [3.05, 3.63) is 35.4 Å². The Bertz CT molecular complexity index is 764. The van der Waals surface area contributed by atoms with Crippen molar-refractivity contribution >= 4 is 22.7 Å². The number of hydrogen-bond donors (Lipinski definition) is 1.